The lowest BCUT2D eigenvalue weighted by Crippen LogP contribution is -2.75. The third-order valence-electron chi connectivity index (χ3n) is 8.72. The van der Waals surface area contributed by atoms with Crippen LogP contribution in [0.2, 0.25) is 0 Å². The van der Waals surface area contributed by atoms with Crippen LogP contribution in [0, 0.1) is 5.92 Å². The van der Waals surface area contributed by atoms with E-state index in [1.807, 2.05) is 26.0 Å². The van der Waals surface area contributed by atoms with Crippen molar-refractivity contribution < 1.29 is 24.6 Å². The number of nitrogens with one attached hydrogen (secondary N) is 1. The van der Waals surface area contributed by atoms with Crippen molar-refractivity contribution >= 4 is 42.0 Å². The quantitative estimate of drug-likeness (QED) is 0.300. The number of aliphatic hydroxyl groups is 1. The Morgan fingerprint density at radius 1 is 1.00 bits per heavy atom. The number of rotatable bonds is 12. The highest BCUT2D eigenvalue weighted by molar-refractivity contribution is 7.99. The molecule has 10 heteroatoms. The number of unbranched alkanes of at least 4 members (excludes halogenated alkanes) is 1. The monoisotopic (exact) mass is 617 g/mol. The number of aliphatic hydroxyl groups excluding tert-OH is 1. The van der Waals surface area contributed by atoms with Gasteiger partial charge in [-0.1, -0.05) is 63.9 Å². The van der Waals surface area contributed by atoms with E-state index in [-0.39, 0.29) is 35.7 Å². The van der Waals surface area contributed by atoms with Gasteiger partial charge in [0.25, 0.3) is 0 Å². The maximum Gasteiger partial charge on any atom is 0.335 e. The van der Waals surface area contributed by atoms with E-state index in [0.717, 1.165) is 42.0 Å². The zero-order valence-electron chi connectivity index (χ0n) is 24.8. The Morgan fingerprint density at radius 3 is 2.10 bits per heavy atom. The normalized spacial score (nSPS) is 19.5. The highest BCUT2D eigenvalue weighted by Gasteiger charge is 2.55. The van der Waals surface area contributed by atoms with Gasteiger partial charge in [0.15, 0.2) is 0 Å². The highest BCUT2D eigenvalue weighted by atomic mass is 35.5. The Hall–Kier alpha value is -2.59. The van der Waals surface area contributed by atoms with Crippen LogP contribution in [0.15, 0.2) is 58.3 Å². The summed E-state index contributed by atoms with van der Waals surface area (Å²) < 4.78 is 0. The molecule has 42 heavy (non-hydrogen) atoms. The molecule has 230 valence electrons. The molecule has 0 aliphatic carbocycles. The number of hydrogen-bond acceptors (Lipinski definition) is 6. The van der Waals surface area contributed by atoms with Crippen LogP contribution >= 0.6 is 24.2 Å². The summed E-state index contributed by atoms with van der Waals surface area (Å²) in [5.74, 6) is -1.23. The van der Waals surface area contributed by atoms with E-state index < -0.39 is 23.7 Å². The molecule has 2 atom stereocenters. The van der Waals surface area contributed by atoms with Gasteiger partial charge in [0, 0.05) is 36.0 Å². The standard InChI is InChI=1S/C32H43N3O5S.ClH/c1-4-7-18-35-29(37)27(28(36)23(5-2)6-3)33-31(40)32(35)16-19-34(20-17-32)21-22-8-12-25(13-9-22)41-26-14-10-24(11-15-26)30(38)39;/h8-15,23,27-28,36H,4-7,16-21H2,1-3H3,(H,33,40)(H,38,39);1H/t27-,28-;/m1./s1. The molecule has 8 nitrogen and oxygen atoms in total. The number of amides is 2. The van der Waals surface area contributed by atoms with E-state index >= 15 is 0 Å². The first kappa shape index (κ1) is 33.9. The van der Waals surface area contributed by atoms with E-state index in [9.17, 15) is 19.5 Å². The van der Waals surface area contributed by atoms with Crippen molar-refractivity contribution in [1.29, 1.82) is 0 Å². The van der Waals surface area contributed by atoms with Gasteiger partial charge in [-0.3, -0.25) is 14.5 Å². The van der Waals surface area contributed by atoms with Gasteiger partial charge in [-0.2, -0.15) is 0 Å². The molecule has 2 aliphatic rings. The van der Waals surface area contributed by atoms with E-state index in [1.54, 1.807) is 28.8 Å². The average molecular weight is 618 g/mol. The van der Waals surface area contributed by atoms with Gasteiger partial charge in [-0.15, -0.1) is 12.4 Å². The molecule has 0 bridgehead atoms. The predicted molar refractivity (Wildman–Crippen MR) is 167 cm³/mol. The van der Waals surface area contributed by atoms with Crippen molar-refractivity contribution in [3.63, 3.8) is 0 Å². The molecule has 2 aromatic rings. The highest BCUT2D eigenvalue weighted by Crippen LogP contribution is 2.35. The SMILES string of the molecule is CCCCN1C(=O)[C@@H]([C@H](O)C(CC)CC)NC(=O)C12CCN(Cc1ccc(Sc3ccc(C(=O)O)cc3)cc1)CC2.Cl. The fraction of sp³-hybridized carbons (Fsp3) is 0.531. The minimum absolute atomic E-state index is 0. The van der Waals surface area contributed by atoms with Crippen LogP contribution in [0.5, 0.6) is 0 Å². The second-order valence-electron chi connectivity index (χ2n) is 11.2. The van der Waals surface area contributed by atoms with Gasteiger partial charge in [0.05, 0.1) is 11.7 Å². The molecular formula is C32H44ClN3O5S. The summed E-state index contributed by atoms with van der Waals surface area (Å²) in [6.07, 6.45) is 3.53. The Balaban J connectivity index is 0.00000484. The van der Waals surface area contributed by atoms with Crippen LogP contribution in [-0.2, 0) is 16.1 Å². The van der Waals surface area contributed by atoms with Crippen molar-refractivity contribution in [3.8, 4) is 0 Å². The minimum atomic E-state index is -0.931. The van der Waals surface area contributed by atoms with E-state index in [0.29, 0.717) is 32.5 Å². The van der Waals surface area contributed by atoms with Gasteiger partial charge >= 0.3 is 5.97 Å². The average Bonchev–Trinajstić information content (AvgIpc) is 2.98. The number of halogens is 1. The summed E-state index contributed by atoms with van der Waals surface area (Å²) in [4.78, 5) is 44.6. The van der Waals surface area contributed by atoms with Gasteiger partial charge < -0.3 is 20.4 Å². The van der Waals surface area contributed by atoms with Gasteiger partial charge in [-0.05, 0) is 67.1 Å². The number of nitrogens with zero attached hydrogens (tertiary/aromatic N) is 2. The zero-order chi connectivity index (χ0) is 29.6. The molecule has 0 unspecified atom stereocenters. The third-order valence-corrected chi connectivity index (χ3v) is 9.73. The summed E-state index contributed by atoms with van der Waals surface area (Å²) in [5.41, 5.74) is 0.589. The maximum atomic E-state index is 13.7. The summed E-state index contributed by atoms with van der Waals surface area (Å²) in [6, 6.07) is 14.3. The number of piperidine rings is 1. The van der Waals surface area contributed by atoms with Crippen molar-refractivity contribution in [2.75, 3.05) is 19.6 Å². The second kappa shape index (κ2) is 15.2. The van der Waals surface area contributed by atoms with Crippen molar-refractivity contribution in [2.45, 2.75) is 93.3 Å². The van der Waals surface area contributed by atoms with Crippen LogP contribution in [0.1, 0.15) is 75.2 Å². The molecule has 1 spiro atoms. The summed E-state index contributed by atoms with van der Waals surface area (Å²) in [7, 11) is 0. The second-order valence-corrected chi connectivity index (χ2v) is 12.4. The molecule has 0 saturated carbocycles. The molecule has 0 aromatic heterocycles. The lowest BCUT2D eigenvalue weighted by atomic mass is 9.79. The first-order valence-corrected chi connectivity index (χ1v) is 15.7. The van der Waals surface area contributed by atoms with Crippen LogP contribution in [0.4, 0.5) is 0 Å². The van der Waals surface area contributed by atoms with Gasteiger partial charge in [0.1, 0.15) is 11.6 Å². The number of carboxylic acid groups (broad SMARTS) is 1. The lowest BCUT2D eigenvalue weighted by Gasteiger charge is -2.52. The maximum absolute atomic E-state index is 13.7. The number of carboxylic acids is 1. The number of hydrogen-bond donors (Lipinski definition) is 3. The minimum Gasteiger partial charge on any atom is -0.478 e. The number of likely N-dealkylation sites (tertiary alicyclic amines) is 1. The molecular weight excluding hydrogens is 574 g/mol. The Bertz CT molecular complexity index is 1200. The van der Waals surface area contributed by atoms with Crippen LogP contribution < -0.4 is 5.32 Å². The Kier molecular flexibility index (Phi) is 12.3. The summed E-state index contributed by atoms with van der Waals surface area (Å²) in [5, 5.41) is 23.0. The molecule has 4 rings (SSSR count). The fourth-order valence-corrected chi connectivity index (χ4v) is 6.87. The number of carbonyl (C=O) groups is 3. The lowest BCUT2D eigenvalue weighted by molar-refractivity contribution is -0.165. The van der Waals surface area contributed by atoms with Crippen LogP contribution in [0.3, 0.4) is 0 Å². The first-order chi connectivity index (χ1) is 19.7. The Morgan fingerprint density at radius 2 is 1.57 bits per heavy atom. The molecule has 2 heterocycles. The van der Waals surface area contributed by atoms with Crippen molar-refractivity contribution in [1.82, 2.24) is 15.1 Å². The molecule has 0 radical (unpaired) electrons. The van der Waals surface area contributed by atoms with Gasteiger partial charge in [-0.25, -0.2) is 4.79 Å². The van der Waals surface area contributed by atoms with Gasteiger partial charge in [0.2, 0.25) is 11.8 Å². The fourth-order valence-electron chi connectivity index (χ4n) is 6.06. The number of aromatic carboxylic acids is 1. The number of benzene rings is 2. The van der Waals surface area contributed by atoms with Crippen molar-refractivity contribution in [2.24, 2.45) is 5.92 Å². The smallest absolute Gasteiger partial charge is 0.335 e. The van der Waals surface area contributed by atoms with E-state index in [1.165, 1.54) is 5.56 Å². The molecule has 3 N–H and O–H groups in total. The summed E-state index contributed by atoms with van der Waals surface area (Å²) in [6.45, 7) is 8.80. The molecule has 2 saturated heterocycles. The molecule has 2 aromatic carbocycles. The van der Waals surface area contributed by atoms with E-state index in [2.05, 4.69) is 41.4 Å². The van der Waals surface area contributed by atoms with Crippen molar-refractivity contribution in [3.05, 3.63) is 59.7 Å². The zero-order valence-corrected chi connectivity index (χ0v) is 26.4. The van der Waals surface area contributed by atoms with E-state index in [4.69, 9.17) is 5.11 Å². The number of carbonyl (C=O) groups excluding carboxylic acids is 2. The topological polar surface area (TPSA) is 110 Å². The molecule has 2 amide bonds. The van der Waals surface area contributed by atoms with Crippen LogP contribution in [0.25, 0.3) is 0 Å². The first-order valence-electron chi connectivity index (χ1n) is 14.8. The molecule has 2 aliphatic heterocycles. The largest absolute Gasteiger partial charge is 0.478 e. The van der Waals surface area contributed by atoms with Crippen LogP contribution in [-0.4, -0.2) is 75.1 Å². The molecule has 2 fully saturated rings. The Labute approximate surface area is 259 Å². The predicted octanol–water partition coefficient (Wildman–Crippen LogP) is 5.22. The third kappa shape index (κ3) is 7.48. The summed E-state index contributed by atoms with van der Waals surface area (Å²) >= 11 is 1.58. The number of piperazine rings is 1.